The normalized spacial score (nSPS) is 12.6. The molecule has 0 saturated carbocycles. The molecule has 3 aromatic rings. The molecular weight excluding hydrogens is 373 g/mol. The zero-order valence-electron chi connectivity index (χ0n) is 14.3. The molecule has 5 nitrogen and oxygen atoms in total. The molecule has 0 bridgehead atoms. The fourth-order valence-corrected chi connectivity index (χ4v) is 3.45. The zero-order chi connectivity index (χ0) is 18.3. The SMILES string of the molecule is COc1cc(OC)cc(-c2nn(-c3ccc(Cl)c(Cl)c3)c3c2CCN3)c1. The molecule has 0 unspecified atom stereocenters. The summed E-state index contributed by atoms with van der Waals surface area (Å²) in [6, 6.07) is 11.3. The van der Waals surface area contributed by atoms with Gasteiger partial charge in [0.25, 0.3) is 0 Å². The lowest BCUT2D eigenvalue weighted by atomic mass is 10.1. The molecule has 26 heavy (non-hydrogen) atoms. The standard InChI is InChI=1S/C19H17Cl2N3O2/c1-25-13-7-11(8-14(10-13)26-2)18-15-5-6-22-19(15)24(23-18)12-3-4-16(20)17(21)9-12/h3-4,7-10,22H,5-6H2,1-2H3. The maximum atomic E-state index is 6.19. The Morgan fingerprint density at radius 2 is 1.73 bits per heavy atom. The van der Waals surface area contributed by atoms with Crippen LogP contribution in [-0.4, -0.2) is 30.5 Å². The van der Waals surface area contributed by atoms with Crippen molar-refractivity contribution in [2.75, 3.05) is 26.1 Å². The molecule has 1 N–H and O–H groups in total. The quantitative estimate of drug-likeness (QED) is 0.693. The minimum atomic E-state index is 0.496. The number of benzene rings is 2. The average Bonchev–Trinajstić information content (AvgIpc) is 3.26. The summed E-state index contributed by atoms with van der Waals surface area (Å²) in [6.07, 6.45) is 0.894. The monoisotopic (exact) mass is 389 g/mol. The Hall–Kier alpha value is -2.37. The number of hydrogen-bond acceptors (Lipinski definition) is 4. The van der Waals surface area contributed by atoms with E-state index < -0.39 is 0 Å². The number of anilines is 1. The van der Waals surface area contributed by atoms with Crippen LogP contribution >= 0.6 is 23.2 Å². The fraction of sp³-hybridized carbons (Fsp3) is 0.211. The maximum absolute atomic E-state index is 6.19. The summed E-state index contributed by atoms with van der Waals surface area (Å²) in [5, 5.41) is 9.26. The van der Waals surface area contributed by atoms with Crippen LogP contribution in [0, 0.1) is 0 Å². The summed E-state index contributed by atoms with van der Waals surface area (Å²) >= 11 is 12.2. The number of fused-ring (bicyclic) bond motifs is 1. The van der Waals surface area contributed by atoms with Gasteiger partial charge < -0.3 is 14.8 Å². The van der Waals surface area contributed by atoms with Crippen LogP contribution in [0.2, 0.25) is 10.0 Å². The highest BCUT2D eigenvalue weighted by Gasteiger charge is 2.24. The van der Waals surface area contributed by atoms with Crippen LogP contribution in [0.25, 0.3) is 16.9 Å². The van der Waals surface area contributed by atoms with Gasteiger partial charge in [-0.25, -0.2) is 4.68 Å². The average molecular weight is 390 g/mol. The molecule has 0 atom stereocenters. The summed E-state index contributed by atoms with van der Waals surface area (Å²) in [5.41, 5.74) is 3.85. The fourth-order valence-electron chi connectivity index (χ4n) is 3.15. The first kappa shape index (κ1) is 17.1. The van der Waals surface area contributed by atoms with Gasteiger partial charge in [0.05, 0.1) is 35.6 Å². The molecule has 1 aromatic heterocycles. The Bertz CT molecular complexity index is 963. The zero-order valence-corrected chi connectivity index (χ0v) is 15.9. The van der Waals surface area contributed by atoms with Crippen molar-refractivity contribution in [1.82, 2.24) is 9.78 Å². The molecule has 2 aromatic carbocycles. The number of hydrogen-bond donors (Lipinski definition) is 1. The van der Waals surface area contributed by atoms with Gasteiger partial charge in [-0.05, 0) is 36.8 Å². The van der Waals surface area contributed by atoms with Crippen LogP contribution in [0.15, 0.2) is 36.4 Å². The summed E-state index contributed by atoms with van der Waals surface area (Å²) in [7, 11) is 3.28. The van der Waals surface area contributed by atoms with Crippen molar-refractivity contribution in [3.05, 3.63) is 52.0 Å². The Labute approximate surface area is 161 Å². The first-order chi connectivity index (χ1) is 12.6. The predicted molar refractivity (Wildman–Crippen MR) is 104 cm³/mol. The van der Waals surface area contributed by atoms with E-state index in [1.54, 1.807) is 20.3 Å². The minimum Gasteiger partial charge on any atom is -0.497 e. The van der Waals surface area contributed by atoms with E-state index in [-0.39, 0.29) is 0 Å². The molecular formula is C19H17Cl2N3O2. The molecule has 1 aliphatic heterocycles. The van der Waals surface area contributed by atoms with Gasteiger partial charge in [-0.1, -0.05) is 23.2 Å². The van der Waals surface area contributed by atoms with Gasteiger partial charge in [0.1, 0.15) is 17.3 Å². The van der Waals surface area contributed by atoms with Crippen LogP contribution < -0.4 is 14.8 Å². The first-order valence-corrected chi connectivity index (χ1v) is 8.91. The highest BCUT2D eigenvalue weighted by Crippen LogP contribution is 2.38. The Balaban J connectivity index is 1.88. The maximum Gasteiger partial charge on any atom is 0.133 e. The molecule has 7 heteroatoms. The van der Waals surface area contributed by atoms with Crippen LogP contribution in [0.3, 0.4) is 0 Å². The van der Waals surface area contributed by atoms with Crippen molar-refractivity contribution in [2.45, 2.75) is 6.42 Å². The summed E-state index contributed by atoms with van der Waals surface area (Å²) in [6.45, 7) is 0.864. The molecule has 134 valence electrons. The van der Waals surface area contributed by atoms with Gasteiger partial charge >= 0.3 is 0 Å². The Kier molecular flexibility index (Phi) is 4.42. The highest BCUT2D eigenvalue weighted by atomic mass is 35.5. The molecule has 0 amide bonds. The molecule has 0 aliphatic carbocycles. The second-order valence-electron chi connectivity index (χ2n) is 5.96. The summed E-state index contributed by atoms with van der Waals surface area (Å²) in [5.74, 6) is 2.42. The third-order valence-electron chi connectivity index (χ3n) is 4.42. The summed E-state index contributed by atoms with van der Waals surface area (Å²) < 4.78 is 12.7. The van der Waals surface area contributed by atoms with Crippen molar-refractivity contribution in [2.24, 2.45) is 0 Å². The molecule has 1 aliphatic rings. The van der Waals surface area contributed by atoms with E-state index in [0.717, 1.165) is 52.8 Å². The molecule has 2 heterocycles. The Morgan fingerprint density at radius 1 is 1.00 bits per heavy atom. The van der Waals surface area contributed by atoms with E-state index in [0.29, 0.717) is 10.0 Å². The summed E-state index contributed by atoms with van der Waals surface area (Å²) in [4.78, 5) is 0. The van der Waals surface area contributed by atoms with Crippen LogP contribution in [-0.2, 0) is 6.42 Å². The number of ether oxygens (including phenoxy) is 2. The van der Waals surface area contributed by atoms with Gasteiger partial charge in [-0.3, -0.25) is 0 Å². The predicted octanol–water partition coefficient (Wildman–Crippen LogP) is 4.83. The van der Waals surface area contributed by atoms with E-state index in [9.17, 15) is 0 Å². The van der Waals surface area contributed by atoms with E-state index >= 15 is 0 Å². The molecule has 0 spiro atoms. The van der Waals surface area contributed by atoms with Crippen LogP contribution in [0.4, 0.5) is 5.82 Å². The lowest BCUT2D eigenvalue weighted by Crippen LogP contribution is -2.04. The number of halogens is 2. The number of nitrogens with one attached hydrogen (secondary N) is 1. The van der Waals surface area contributed by atoms with E-state index in [1.807, 2.05) is 35.0 Å². The van der Waals surface area contributed by atoms with Crippen molar-refractivity contribution >= 4 is 29.0 Å². The first-order valence-electron chi connectivity index (χ1n) is 8.15. The van der Waals surface area contributed by atoms with Gasteiger partial charge in [0.15, 0.2) is 0 Å². The van der Waals surface area contributed by atoms with Crippen molar-refractivity contribution in [3.63, 3.8) is 0 Å². The molecule has 0 radical (unpaired) electrons. The minimum absolute atomic E-state index is 0.496. The van der Waals surface area contributed by atoms with Gasteiger partial charge in [0.2, 0.25) is 0 Å². The lowest BCUT2D eigenvalue weighted by Gasteiger charge is -2.08. The largest absolute Gasteiger partial charge is 0.497 e. The van der Waals surface area contributed by atoms with Crippen LogP contribution in [0.5, 0.6) is 11.5 Å². The molecule has 0 fully saturated rings. The van der Waals surface area contributed by atoms with Crippen molar-refractivity contribution in [3.8, 4) is 28.4 Å². The van der Waals surface area contributed by atoms with Crippen molar-refractivity contribution in [1.29, 1.82) is 0 Å². The third-order valence-corrected chi connectivity index (χ3v) is 5.16. The molecule has 4 rings (SSSR count). The number of nitrogens with zero attached hydrogens (tertiary/aromatic N) is 2. The number of aromatic nitrogens is 2. The van der Waals surface area contributed by atoms with E-state index in [1.165, 1.54) is 0 Å². The highest BCUT2D eigenvalue weighted by molar-refractivity contribution is 6.42. The number of rotatable bonds is 4. The van der Waals surface area contributed by atoms with Crippen LogP contribution in [0.1, 0.15) is 5.56 Å². The van der Waals surface area contributed by atoms with Gasteiger partial charge in [-0.2, -0.15) is 5.10 Å². The smallest absolute Gasteiger partial charge is 0.133 e. The second-order valence-corrected chi connectivity index (χ2v) is 6.78. The van der Waals surface area contributed by atoms with E-state index in [2.05, 4.69) is 5.32 Å². The van der Waals surface area contributed by atoms with E-state index in [4.69, 9.17) is 37.8 Å². The topological polar surface area (TPSA) is 48.3 Å². The van der Waals surface area contributed by atoms with Gasteiger partial charge in [-0.15, -0.1) is 0 Å². The number of methoxy groups -OCH3 is 2. The second kappa shape index (κ2) is 6.74. The molecule has 0 saturated heterocycles. The lowest BCUT2D eigenvalue weighted by molar-refractivity contribution is 0.394. The third kappa shape index (κ3) is 2.87. The van der Waals surface area contributed by atoms with Gasteiger partial charge in [0, 0.05) is 23.7 Å². The Morgan fingerprint density at radius 3 is 2.38 bits per heavy atom. The van der Waals surface area contributed by atoms with Crippen molar-refractivity contribution < 1.29 is 9.47 Å².